The number of ether oxygens (including phenoxy) is 2. The standard InChI is InChI=1S/C18H19NO3/c20-17(13-16-7-4-12-21-16)22-18(14-5-2-1-3-6-14)15-8-10-19-11-9-15/h1-3,5-6,8-11,16,18H,4,7,12-13H2/t16-,18+/m1/s1. The summed E-state index contributed by atoms with van der Waals surface area (Å²) in [7, 11) is 0. The lowest BCUT2D eigenvalue weighted by atomic mass is 10.0. The molecule has 1 saturated heterocycles. The number of aromatic nitrogens is 1. The second-order valence-corrected chi connectivity index (χ2v) is 5.40. The van der Waals surface area contributed by atoms with Gasteiger partial charge in [-0.3, -0.25) is 9.78 Å². The van der Waals surface area contributed by atoms with Gasteiger partial charge in [0.2, 0.25) is 0 Å². The molecular formula is C18H19NO3. The van der Waals surface area contributed by atoms with Crippen LogP contribution in [0.2, 0.25) is 0 Å². The van der Waals surface area contributed by atoms with Gasteiger partial charge in [0.1, 0.15) is 0 Å². The average Bonchev–Trinajstić information content (AvgIpc) is 3.07. The van der Waals surface area contributed by atoms with E-state index in [1.165, 1.54) is 0 Å². The van der Waals surface area contributed by atoms with Gasteiger partial charge in [-0.25, -0.2) is 0 Å². The van der Waals surface area contributed by atoms with Crippen LogP contribution in [0.25, 0.3) is 0 Å². The minimum atomic E-state index is -0.405. The molecule has 114 valence electrons. The molecule has 2 aromatic rings. The molecule has 0 unspecified atom stereocenters. The Kier molecular flexibility index (Phi) is 4.81. The molecule has 0 spiro atoms. The van der Waals surface area contributed by atoms with E-state index in [1.807, 2.05) is 42.5 Å². The van der Waals surface area contributed by atoms with E-state index in [4.69, 9.17) is 9.47 Å². The second kappa shape index (κ2) is 7.18. The molecule has 4 heteroatoms. The highest BCUT2D eigenvalue weighted by atomic mass is 16.5. The van der Waals surface area contributed by atoms with Gasteiger partial charge in [0.25, 0.3) is 0 Å². The summed E-state index contributed by atoms with van der Waals surface area (Å²) in [6.07, 6.45) is 5.27. The molecule has 22 heavy (non-hydrogen) atoms. The predicted molar refractivity (Wildman–Crippen MR) is 82.2 cm³/mol. The predicted octanol–water partition coefficient (Wildman–Crippen LogP) is 3.28. The van der Waals surface area contributed by atoms with E-state index in [9.17, 15) is 4.79 Å². The molecule has 1 fully saturated rings. The van der Waals surface area contributed by atoms with E-state index >= 15 is 0 Å². The lowest BCUT2D eigenvalue weighted by Gasteiger charge is -2.19. The van der Waals surface area contributed by atoms with Crippen molar-refractivity contribution in [3.63, 3.8) is 0 Å². The molecule has 2 atom stereocenters. The molecule has 0 amide bonds. The highest BCUT2D eigenvalue weighted by Gasteiger charge is 2.24. The Morgan fingerprint density at radius 2 is 1.91 bits per heavy atom. The molecule has 1 aliphatic heterocycles. The van der Waals surface area contributed by atoms with E-state index < -0.39 is 6.10 Å². The largest absolute Gasteiger partial charge is 0.452 e. The zero-order valence-corrected chi connectivity index (χ0v) is 12.4. The molecule has 0 radical (unpaired) electrons. The summed E-state index contributed by atoms with van der Waals surface area (Å²) in [5.74, 6) is -0.224. The lowest BCUT2D eigenvalue weighted by molar-refractivity contribution is -0.150. The monoisotopic (exact) mass is 297 g/mol. The SMILES string of the molecule is O=C(C[C@H]1CCCO1)O[C@@H](c1ccccc1)c1ccncc1. The Labute approximate surface area is 130 Å². The summed E-state index contributed by atoms with van der Waals surface area (Å²) in [5.41, 5.74) is 1.87. The van der Waals surface area contributed by atoms with E-state index in [1.54, 1.807) is 12.4 Å². The number of nitrogens with zero attached hydrogens (tertiary/aromatic N) is 1. The first-order chi connectivity index (χ1) is 10.8. The summed E-state index contributed by atoms with van der Waals surface area (Å²) in [4.78, 5) is 16.3. The van der Waals surface area contributed by atoms with Crippen molar-refractivity contribution in [1.29, 1.82) is 0 Å². The number of carbonyl (C=O) groups is 1. The van der Waals surface area contributed by atoms with Gasteiger partial charge in [-0.15, -0.1) is 0 Å². The fourth-order valence-corrected chi connectivity index (χ4v) is 2.67. The normalized spacial score (nSPS) is 18.8. The molecule has 1 aliphatic rings. The minimum absolute atomic E-state index is 0.00126. The summed E-state index contributed by atoms with van der Waals surface area (Å²) in [6.45, 7) is 0.740. The Hall–Kier alpha value is -2.20. The topological polar surface area (TPSA) is 48.4 Å². The maximum absolute atomic E-state index is 12.2. The number of pyridine rings is 1. The van der Waals surface area contributed by atoms with Crippen molar-refractivity contribution >= 4 is 5.97 Å². The van der Waals surface area contributed by atoms with Gasteiger partial charge in [0.05, 0.1) is 12.5 Å². The van der Waals surface area contributed by atoms with Crippen LogP contribution in [-0.2, 0) is 14.3 Å². The third kappa shape index (κ3) is 3.71. The zero-order chi connectivity index (χ0) is 15.2. The molecule has 3 rings (SSSR count). The fraction of sp³-hybridized carbons (Fsp3) is 0.333. The van der Waals surface area contributed by atoms with E-state index in [-0.39, 0.29) is 12.1 Å². The number of hydrogen-bond acceptors (Lipinski definition) is 4. The van der Waals surface area contributed by atoms with Crippen LogP contribution >= 0.6 is 0 Å². The number of esters is 1. The van der Waals surface area contributed by atoms with Gasteiger partial charge in [-0.05, 0) is 30.5 Å². The third-order valence-electron chi connectivity index (χ3n) is 3.78. The van der Waals surface area contributed by atoms with Crippen molar-refractivity contribution in [3.8, 4) is 0 Å². The maximum Gasteiger partial charge on any atom is 0.309 e. The number of rotatable bonds is 5. The van der Waals surface area contributed by atoms with Gasteiger partial charge >= 0.3 is 5.97 Å². The third-order valence-corrected chi connectivity index (χ3v) is 3.78. The second-order valence-electron chi connectivity index (χ2n) is 5.40. The van der Waals surface area contributed by atoms with Crippen molar-refractivity contribution in [2.24, 2.45) is 0 Å². The first-order valence-corrected chi connectivity index (χ1v) is 7.59. The smallest absolute Gasteiger partial charge is 0.309 e. The highest BCUT2D eigenvalue weighted by molar-refractivity contribution is 5.70. The van der Waals surface area contributed by atoms with Crippen LogP contribution in [0.5, 0.6) is 0 Å². The molecule has 2 heterocycles. The first-order valence-electron chi connectivity index (χ1n) is 7.59. The minimum Gasteiger partial charge on any atom is -0.452 e. The summed E-state index contributed by atoms with van der Waals surface area (Å²) in [6, 6.07) is 13.5. The molecule has 0 N–H and O–H groups in total. The number of benzene rings is 1. The Bertz CT molecular complexity index is 555. The highest BCUT2D eigenvalue weighted by Crippen LogP contribution is 2.27. The lowest BCUT2D eigenvalue weighted by Crippen LogP contribution is -2.18. The molecule has 0 aliphatic carbocycles. The van der Waals surface area contributed by atoms with E-state index in [0.29, 0.717) is 6.42 Å². The molecule has 4 nitrogen and oxygen atoms in total. The van der Waals surface area contributed by atoms with Gasteiger partial charge < -0.3 is 9.47 Å². The Morgan fingerprint density at radius 3 is 2.59 bits per heavy atom. The first kappa shape index (κ1) is 14.7. The van der Waals surface area contributed by atoms with Crippen molar-refractivity contribution in [2.75, 3.05) is 6.61 Å². The van der Waals surface area contributed by atoms with Crippen molar-refractivity contribution in [1.82, 2.24) is 4.98 Å². The maximum atomic E-state index is 12.2. The van der Waals surface area contributed by atoms with Crippen LogP contribution in [0, 0.1) is 0 Å². The molecule has 1 aromatic heterocycles. The van der Waals surface area contributed by atoms with Crippen LogP contribution in [-0.4, -0.2) is 23.7 Å². The summed E-state index contributed by atoms with van der Waals surface area (Å²) >= 11 is 0. The molecule has 1 aromatic carbocycles. The van der Waals surface area contributed by atoms with Gasteiger partial charge in [-0.1, -0.05) is 30.3 Å². The Morgan fingerprint density at radius 1 is 1.18 bits per heavy atom. The van der Waals surface area contributed by atoms with Crippen molar-refractivity contribution < 1.29 is 14.3 Å². The summed E-state index contributed by atoms with van der Waals surface area (Å²) < 4.78 is 11.2. The molecule has 0 saturated carbocycles. The molecule has 0 bridgehead atoms. The fourth-order valence-electron chi connectivity index (χ4n) is 2.67. The zero-order valence-electron chi connectivity index (χ0n) is 12.4. The number of carbonyl (C=O) groups excluding carboxylic acids is 1. The summed E-state index contributed by atoms with van der Waals surface area (Å²) in [5, 5.41) is 0. The molecular weight excluding hydrogens is 278 g/mol. The average molecular weight is 297 g/mol. The van der Waals surface area contributed by atoms with Crippen LogP contribution in [0.3, 0.4) is 0 Å². The van der Waals surface area contributed by atoms with Gasteiger partial charge in [0.15, 0.2) is 6.10 Å². The van der Waals surface area contributed by atoms with Crippen molar-refractivity contribution in [3.05, 3.63) is 66.0 Å². The van der Waals surface area contributed by atoms with Crippen LogP contribution in [0.4, 0.5) is 0 Å². The quantitative estimate of drug-likeness (QED) is 0.795. The van der Waals surface area contributed by atoms with Crippen LogP contribution in [0.1, 0.15) is 36.5 Å². The van der Waals surface area contributed by atoms with Crippen LogP contribution < -0.4 is 0 Å². The number of hydrogen-bond donors (Lipinski definition) is 0. The van der Waals surface area contributed by atoms with Gasteiger partial charge in [0, 0.05) is 24.6 Å². The van der Waals surface area contributed by atoms with Gasteiger partial charge in [-0.2, -0.15) is 0 Å². The van der Waals surface area contributed by atoms with Crippen molar-refractivity contribution in [2.45, 2.75) is 31.5 Å². The Balaban J connectivity index is 1.75. The van der Waals surface area contributed by atoms with E-state index in [0.717, 1.165) is 30.6 Å². The van der Waals surface area contributed by atoms with Crippen LogP contribution in [0.15, 0.2) is 54.9 Å². The van der Waals surface area contributed by atoms with E-state index in [2.05, 4.69) is 4.98 Å².